The summed E-state index contributed by atoms with van der Waals surface area (Å²) in [5.41, 5.74) is 8.44. The topological polar surface area (TPSA) is 123 Å². The van der Waals surface area contributed by atoms with Crippen molar-refractivity contribution in [2.75, 3.05) is 6.54 Å². The monoisotopic (exact) mass is 364 g/mol. The fourth-order valence-corrected chi connectivity index (χ4v) is 4.60. The van der Waals surface area contributed by atoms with Crippen molar-refractivity contribution in [2.24, 2.45) is 5.11 Å². The maximum Gasteiger partial charge on any atom is 0.322 e. The highest BCUT2D eigenvalue weighted by atomic mass is 35.5. The Labute approximate surface area is 135 Å². The Hall–Kier alpha value is -1.51. The first kappa shape index (κ1) is 16.9. The number of carbonyl (C=O) groups is 1. The molecule has 0 aliphatic carbocycles. The van der Waals surface area contributed by atoms with E-state index in [0.717, 1.165) is 4.31 Å². The smallest absolute Gasteiger partial charge is 0.322 e. The summed E-state index contributed by atoms with van der Waals surface area (Å²) in [4.78, 5) is 13.7. The molecule has 1 aromatic rings. The molecular weight excluding hydrogens is 355 g/mol. The van der Waals surface area contributed by atoms with Crippen LogP contribution in [0.2, 0.25) is 10.0 Å². The van der Waals surface area contributed by atoms with Gasteiger partial charge in [0.05, 0.1) is 10.9 Å². The van der Waals surface area contributed by atoms with E-state index in [0.29, 0.717) is 0 Å². The molecule has 1 N–H and O–H groups in total. The normalized spacial score (nSPS) is 22.3. The van der Waals surface area contributed by atoms with Crippen LogP contribution in [0.5, 0.6) is 0 Å². The lowest BCUT2D eigenvalue weighted by Gasteiger charge is -2.21. The highest BCUT2D eigenvalue weighted by Crippen LogP contribution is 2.30. The lowest BCUT2D eigenvalue weighted by Crippen LogP contribution is -2.40. The van der Waals surface area contributed by atoms with Gasteiger partial charge in [-0.25, -0.2) is 8.42 Å². The minimum atomic E-state index is -4.13. The molecule has 22 heavy (non-hydrogen) atoms. The van der Waals surface area contributed by atoms with Gasteiger partial charge in [-0.3, -0.25) is 4.79 Å². The number of carboxylic acids is 1. The highest BCUT2D eigenvalue weighted by Gasteiger charge is 2.43. The average Bonchev–Trinajstić information content (AvgIpc) is 2.83. The Morgan fingerprint density at radius 1 is 1.36 bits per heavy atom. The third-order valence-electron chi connectivity index (χ3n) is 3.18. The van der Waals surface area contributed by atoms with Gasteiger partial charge < -0.3 is 5.11 Å². The van der Waals surface area contributed by atoms with Gasteiger partial charge >= 0.3 is 5.97 Å². The largest absolute Gasteiger partial charge is 0.480 e. The number of sulfonamides is 1. The van der Waals surface area contributed by atoms with Gasteiger partial charge in [-0.15, -0.1) is 0 Å². The minimum Gasteiger partial charge on any atom is -0.480 e. The van der Waals surface area contributed by atoms with E-state index in [1.807, 2.05) is 0 Å². The third-order valence-corrected chi connectivity index (χ3v) is 5.47. The van der Waals surface area contributed by atoms with E-state index >= 15 is 0 Å². The van der Waals surface area contributed by atoms with Gasteiger partial charge in [-0.1, -0.05) is 28.3 Å². The summed E-state index contributed by atoms with van der Waals surface area (Å²) in [6.45, 7) is -0.215. The van der Waals surface area contributed by atoms with Crippen molar-refractivity contribution in [3.8, 4) is 0 Å². The number of hydrogen-bond donors (Lipinski definition) is 1. The van der Waals surface area contributed by atoms with E-state index in [9.17, 15) is 18.3 Å². The molecule has 2 rings (SSSR count). The summed E-state index contributed by atoms with van der Waals surface area (Å²) in [6, 6.07) is 1.68. The van der Waals surface area contributed by atoms with Crippen molar-refractivity contribution in [1.29, 1.82) is 0 Å². The molecule has 0 unspecified atom stereocenters. The molecule has 11 heteroatoms. The molecule has 0 amide bonds. The maximum absolute atomic E-state index is 12.6. The van der Waals surface area contributed by atoms with E-state index in [1.54, 1.807) is 0 Å². The molecule has 0 spiro atoms. The third kappa shape index (κ3) is 3.29. The first-order valence-electron chi connectivity index (χ1n) is 6.00. The minimum absolute atomic E-state index is 0.0904. The lowest BCUT2D eigenvalue weighted by molar-refractivity contribution is -0.140. The maximum atomic E-state index is 12.6. The van der Waals surface area contributed by atoms with Gasteiger partial charge in [-0.05, 0) is 30.2 Å². The van der Waals surface area contributed by atoms with Crippen molar-refractivity contribution in [3.63, 3.8) is 0 Å². The molecule has 0 bridgehead atoms. The Bertz CT molecular complexity index is 743. The first-order valence-corrected chi connectivity index (χ1v) is 8.20. The highest BCUT2D eigenvalue weighted by molar-refractivity contribution is 7.89. The second kappa shape index (κ2) is 6.31. The van der Waals surface area contributed by atoms with Crippen LogP contribution >= 0.6 is 23.2 Å². The van der Waals surface area contributed by atoms with Crippen LogP contribution in [0, 0.1) is 0 Å². The molecule has 8 nitrogen and oxygen atoms in total. The van der Waals surface area contributed by atoms with Crippen molar-refractivity contribution in [3.05, 3.63) is 38.7 Å². The summed E-state index contributed by atoms with van der Waals surface area (Å²) in [7, 11) is -4.13. The van der Waals surface area contributed by atoms with Crippen LogP contribution in [0.15, 0.2) is 28.2 Å². The van der Waals surface area contributed by atoms with Crippen LogP contribution < -0.4 is 0 Å². The molecule has 1 aromatic carbocycles. The molecule has 118 valence electrons. The molecule has 1 fully saturated rings. The number of azide groups is 1. The fraction of sp³-hybridized carbons (Fsp3) is 0.364. The molecule has 0 radical (unpaired) electrons. The number of carboxylic acid groups (broad SMARTS) is 1. The average molecular weight is 365 g/mol. The summed E-state index contributed by atoms with van der Waals surface area (Å²) < 4.78 is 26.0. The number of hydrogen-bond acceptors (Lipinski definition) is 4. The Morgan fingerprint density at radius 3 is 2.45 bits per heavy atom. The van der Waals surface area contributed by atoms with Crippen molar-refractivity contribution in [2.45, 2.75) is 23.4 Å². The van der Waals surface area contributed by atoms with Crippen LogP contribution in [-0.4, -0.2) is 42.4 Å². The van der Waals surface area contributed by atoms with E-state index in [4.69, 9.17) is 28.7 Å². The van der Waals surface area contributed by atoms with Crippen LogP contribution in [0.3, 0.4) is 0 Å². The molecule has 1 heterocycles. The number of halogens is 2. The molecule has 0 aromatic heterocycles. The Balaban J connectivity index is 2.46. The number of rotatable bonds is 4. The predicted octanol–water partition coefficient (Wildman–Crippen LogP) is 2.52. The van der Waals surface area contributed by atoms with Crippen LogP contribution in [0.4, 0.5) is 0 Å². The summed E-state index contributed by atoms with van der Waals surface area (Å²) >= 11 is 11.6. The molecule has 1 aliphatic rings. The molecule has 1 saturated heterocycles. The van der Waals surface area contributed by atoms with Crippen LogP contribution in [0.1, 0.15) is 6.42 Å². The van der Waals surface area contributed by atoms with Crippen LogP contribution in [0.25, 0.3) is 10.4 Å². The molecule has 0 saturated carbocycles. The summed E-state index contributed by atoms with van der Waals surface area (Å²) in [5.74, 6) is -1.31. The van der Waals surface area contributed by atoms with Crippen molar-refractivity contribution in [1.82, 2.24) is 4.31 Å². The zero-order chi connectivity index (χ0) is 16.5. The van der Waals surface area contributed by atoms with Crippen molar-refractivity contribution < 1.29 is 18.3 Å². The first-order chi connectivity index (χ1) is 10.3. The van der Waals surface area contributed by atoms with E-state index in [1.165, 1.54) is 18.2 Å². The molecular formula is C11H10Cl2N4O4S. The number of aliphatic carboxylic acids is 1. The Morgan fingerprint density at radius 2 is 1.95 bits per heavy atom. The molecule has 2 atom stereocenters. The fourth-order valence-electron chi connectivity index (χ4n) is 2.24. The summed E-state index contributed by atoms with van der Waals surface area (Å²) in [5, 5.41) is 12.8. The van der Waals surface area contributed by atoms with Gasteiger partial charge in [-0.2, -0.15) is 4.31 Å². The quantitative estimate of drug-likeness (QED) is 0.500. The zero-order valence-corrected chi connectivity index (χ0v) is 13.3. The van der Waals surface area contributed by atoms with Gasteiger partial charge in [0.25, 0.3) is 0 Å². The second-order valence-corrected chi connectivity index (χ2v) is 7.39. The van der Waals surface area contributed by atoms with Gasteiger partial charge in [0, 0.05) is 21.5 Å². The Kier molecular flexibility index (Phi) is 4.84. The van der Waals surface area contributed by atoms with E-state index in [-0.39, 0.29) is 27.9 Å². The standard InChI is InChI=1S/C11H10Cl2N4O4S/c12-6-1-7(13)3-9(2-6)22(20,21)17-5-8(15-16-14)4-10(17)11(18)19/h1-3,8,10H,4-5H2,(H,18,19)/t8-,10+/m1/s1. The van der Waals surface area contributed by atoms with Gasteiger partial charge in [0.1, 0.15) is 6.04 Å². The summed E-state index contributed by atoms with van der Waals surface area (Å²) in [6.07, 6.45) is -0.0904. The number of benzene rings is 1. The molecule has 1 aliphatic heterocycles. The van der Waals surface area contributed by atoms with E-state index < -0.39 is 28.1 Å². The predicted molar refractivity (Wildman–Crippen MR) is 79.3 cm³/mol. The van der Waals surface area contributed by atoms with Crippen LogP contribution in [-0.2, 0) is 14.8 Å². The zero-order valence-electron chi connectivity index (χ0n) is 10.9. The number of nitrogens with zero attached hydrogens (tertiary/aromatic N) is 4. The lowest BCUT2D eigenvalue weighted by atomic mass is 10.2. The van der Waals surface area contributed by atoms with Gasteiger partial charge in [0.2, 0.25) is 10.0 Å². The van der Waals surface area contributed by atoms with Crippen molar-refractivity contribution >= 4 is 39.2 Å². The van der Waals surface area contributed by atoms with Gasteiger partial charge in [0.15, 0.2) is 0 Å². The SMILES string of the molecule is [N-]=[N+]=N[C@@H]1C[C@@H](C(=O)O)N(S(=O)(=O)c2cc(Cl)cc(Cl)c2)C1. The second-order valence-electron chi connectivity index (χ2n) is 4.63. The van der Waals surface area contributed by atoms with E-state index in [2.05, 4.69) is 10.0 Å².